The van der Waals surface area contributed by atoms with E-state index in [1.807, 2.05) is 25.1 Å². The highest BCUT2D eigenvalue weighted by Gasteiger charge is 2.12. The largest absolute Gasteiger partial charge is 0.493 e. The number of hydrogen-bond acceptors (Lipinski definition) is 6. The van der Waals surface area contributed by atoms with Crippen molar-refractivity contribution in [2.75, 3.05) is 24.9 Å². The van der Waals surface area contributed by atoms with Crippen LogP contribution < -0.4 is 20.1 Å². The maximum Gasteiger partial charge on any atom is 0.257 e. The van der Waals surface area contributed by atoms with Crippen LogP contribution in [0.3, 0.4) is 0 Å². The summed E-state index contributed by atoms with van der Waals surface area (Å²) in [5.74, 6) is 1.54. The second-order valence-corrected chi connectivity index (χ2v) is 6.32. The van der Waals surface area contributed by atoms with E-state index < -0.39 is 0 Å². The highest BCUT2D eigenvalue weighted by atomic mass is 35.5. The van der Waals surface area contributed by atoms with Gasteiger partial charge in [0.1, 0.15) is 0 Å². The predicted molar refractivity (Wildman–Crippen MR) is 109 cm³/mol. The first-order chi connectivity index (χ1) is 13.5. The molecule has 0 unspecified atom stereocenters. The van der Waals surface area contributed by atoms with Crippen LogP contribution in [0.4, 0.5) is 17.3 Å². The molecule has 1 amide bonds. The standard InChI is InChI=1S/C20H19ClN4O3/c1-12-4-6-14(11-15(12)21)22-18-8-9-19(25-24-18)23-20(26)13-5-7-16(27-2)17(10-13)28-3/h4-11H,1-3H3,(H,22,24)(H,23,25,26). The molecule has 2 N–H and O–H groups in total. The van der Waals surface area contributed by atoms with Crippen LogP contribution >= 0.6 is 11.6 Å². The van der Waals surface area contributed by atoms with Crippen molar-refractivity contribution < 1.29 is 14.3 Å². The van der Waals surface area contributed by atoms with Crippen LogP contribution in [-0.2, 0) is 0 Å². The van der Waals surface area contributed by atoms with Crippen LogP contribution in [0, 0.1) is 6.92 Å². The maximum absolute atomic E-state index is 12.4. The van der Waals surface area contributed by atoms with E-state index in [1.54, 1.807) is 30.3 Å². The molecule has 2 aromatic carbocycles. The smallest absolute Gasteiger partial charge is 0.257 e. The van der Waals surface area contributed by atoms with Gasteiger partial charge in [-0.05, 0) is 55.0 Å². The summed E-state index contributed by atoms with van der Waals surface area (Å²) in [7, 11) is 3.05. The van der Waals surface area contributed by atoms with Crippen LogP contribution in [0.2, 0.25) is 5.02 Å². The zero-order valence-electron chi connectivity index (χ0n) is 15.6. The zero-order chi connectivity index (χ0) is 20.1. The van der Waals surface area contributed by atoms with Gasteiger partial charge in [-0.1, -0.05) is 17.7 Å². The van der Waals surface area contributed by atoms with E-state index in [0.29, 0.717) is 33.7 Å². The van der Waals surface area contributed by atoms with E-state index in [9.17, 15) is 4.79 Å². The van der Waals surface area contributed by atoms with Crippen molar-refractivity contribution in [2.24, 2.45) is 0 Å². The third-order valence-corrected chi connectivity index (χ3v) is 4.40. The van der Waals surface area contributed by atoms with E-state index in [2.05, 4.69) is 20.8 Å². The molecular weight excluding hydrogens is 380 g/mol. The lowest BCUT2D eigenvalue weighted by atomic mass is 10.2. The van der Waals surface area contributed by atoms with E-state index in [-0.39, 0.29) is 5.91 Å². The van der Waals surface area contributed by atoms with E-state index >= 15 is 0 Å². The fourth-order valence-corrected chi connectivity index (χ4v) is 2.63. The van der Waals surface area contributed by atoms with Gasteiger partial charge in [0, 0.05) is 16.3 Å². The number of carbonyl (C=O) groups excluding carboxylic acids is 1. The van der Waals surface area contributed by atoms with Crippen molar-refractivity contribution >= 4 is 34.8 Å². The number of amides is 1. The summed E-state index contributed by atoms with van der Waals surface area (Å²) in [5.41, 5.74) is 2.20. The van der Waals surface area contributed by atoms with Crippen LogP contribution in [0.15, 0.2) is 48.5 Å². The van der Waals surface area contributed by atoms with Gasteiger partial charge in [-0.15, -0.1) is 10.2 Å². The van der Waals surface area contributed by atoms with Gasteiger partial charge >= 0.3 is 0 Å². The predicted octanol–water partition coefficient (Wildman–Crippen LogP) is 4.45. The molecule has 7 nitrogen and oxygen atoms in total. The lowest BCUT2D eigenvalue weighted by Gasteiger charge is -2.10. The van der Waals surface area contributed by atoms with Crippen LogP contribution in [0.25, 0.3) is 0 Å². The highest BCUT2D eigenvalue weighted by Crippen LogP contribution is 2.28. The Hall–Kier alpha value is -3.32. The van der Waals surface area contributed by atoms with E-state index in [1.165, 1.54) is 14.2 Å². The van der Waals surface area contributed by atoms with Crippen molar-refractivity contribution in [3.05, 3.63) is 64.7 Å². The number of nitrogens with one attached hydrogen (secondary N) is 2. The highest BCUT2D eigenvalue weighted by molar-refractivity contribution is 6.31. The number of methoxy groups -OCH3 is 2. The monoisotopic (exact) mass is 398 g/mol. The Balaban J connectivity index is 1.68. The number of benzene rings is 2. The van der Waals surface area contributed by atoms with Crippen molar-refractivity contribution in [3.8, 4) is 11.5 Å². The minimum atomic E-state index is -0.332. The molecule has 0 spiro atoms. The first-order valence-corrected chi connectivity index (χ1v) is 8.78. The van der Waals surface area contributed by atoms with Crippen molar-refractivity contribution in [3.63, 3.8) is 0 Å². The molecule has 0 aliphatic carbocycles. The van der Waals surface area contributed by atoms with Crippen LogP contribution in [-0.4, -0.2) is 30.3 Å². The molecule has 0 bridgehead atoms. The molecular formula is C20H19ClN4O3. The van der Waals surface area contributed by atoms with Gasteiger partial charge < -0.3 is 20.1 Å². The molecule has 8 heteroatoms. The average Bonchev–Trinajstić information content (AvgIpc) is 2.71. The van der Waals surface area contributed by atoms with Crippen molar-refractivity contribution in [1.29, 1.82) is 0 Å². The van der Waals surface area contributed by atoms with Gasteiger partial charge in [0.15, 0.2) is 23.1 Å². The Kier molecular flexibility index (Phi) is 5.96. The van der Waals surface area contributed by atoms with Crippen molar-refractivity contribution in [2.45, 2.75) is 6.92 Å². The summed E-state index contributed by atoms with van der Waals surface area (Å²) >= 11 is 6.12. The molecule has 0 aliphatic heterocycles. The minimum absolute atomic E-state index is 0.326. The second-order valence-electron chi connectivity index (χ2n) is 5.92. The number of hydrogen-bond donors (Lipinski definition) is 2. The number of ether oxygens (including phenoxy) is 2. The number of aryl methyl sites for hydroxylation is 1. The Morgan fingerprint density at radius 2 is 1.64 bits per heavy atom. The molecule has 0 radical (unpaired) electrons. The summed E-state index contributed by atoms with van der Waals surface area (Å²) in [4.78, 5) is 12.4. The fourth-order valence-electron chi connectivity index (χ4n) is 2.45. The number of aromatic nitrogens is 2. The summed E-state index contributed by atoms with van der Waals surface area (Å²) in [6, 6.07) is 13.9. The molecule has 1 aromatic heterocycles. The lowest BCUT2D eigenvalue weighted by Crippen LogP contribution is -2.13. The Bertz CT molecular complexity index is 993. The molecule has 0 saturated heterocycles. The van der Waals surface area contributed by atoms with Gasteiger partial charge in [0.05, 0.1) is 14.2 Å². The van der Waals surface area contributed by atoms with Gasteiger partial charge in [-0.25, -0.2) is 0 Å². The molecule has 0 fully saturated rings. The molecule has 144 valence electrons. The Morgan fingerprint density at radius 3 is 2.29 bits per heavy atom. The van der Waals surface area contributed by atoms with Gasteiger partial charge in [-0.3, -0.25) is 4.79 Å². The zero-order valence-corrected chi connectivity index (χ0v) is 16.4. The SMILES string of the molecule is COc1ccc(C(=O)Nc2ccc(Nc3ccc(C)c(Cl)c3)nn2)cc1OC. The van der Waals surface area contributed by atoms with Gasteiger partial charge in [-0.2, -0.15) is 0 Å². The number of carbonyl (C=O) groups is 1. The number of halogens is 1. The third kappa shape index (κ3) is 4.50. The lowest BCUT2D eigenvalue weighted by molar-refractivity contribution is 0.102. The number of anilines is 3. The Morgan fingerprint density at radius 1 is 0.929 bits per heavy atom. The molecule has 3 rings (SSSR count). The maximum atomic E-state index is 12.4. The molecule has 0 aliphatic rings. The molecule has 0 atom stereocenters. The number of nitrogens with zero attached hydrogens (tertiary/aromatic N) is 2. The first-order valence-electron chi connectivity index (χ1n) is 8.40. The van der Waals surface area contributed by atoms with Gasteiger partial charge in [0.25, 0.3) is 5.91 Å². The summed E-state index contributed by atoms with van der Waals surface area (Å²) < 4.78 is 10.4. The van der Waals surface area contributed by atoms with E-state index in [0.717, 1.165) is 11.3 Å². The summed E-state index contributed by atoms with van der Waals surface area (Å²) in [6.07, 6.45) is 0. The summed E-state index contributed by atoms with van der Waals surface area (Å²) in [6.45, 7) is 1.93. The second kappa shape index (κ2) is 8.58. The van der Waals surface area contributed by atoms with E-state index in [4.69, 9.17) is 21.1 Å². The Labute approximate surface area is 167 Å². The van der Waals surface area contributed by atoms with Crippen LogP contribution in [0.1, 0.15) is 15.9 Å². The normalized spacial score (nSPS) is 10.3. The quantitative estimate of drug-likeness (QED) is 0.638. The van der Waals surface area contributed by atoms with Crippen molar-refractivity contribution in [1.82, 2.24) is 10.2 Å². The third-order valence-electron chi connectivity index (χ3n) is 4.00. The molecule has 1 heterocycles. The number of rotatable bonds is 6. The molecule has 0 saturated carbocycles. The first kappa shape index (κ1) is 19.4. The molecule has 28 heavy (non-hydrogen) atoms. The topological polar surface area (TPSA) is 85.4 Å². The minimum Gasteiger partial charge on any atom is -0.493 e. The average molecular weight is 399 g/mol. The fraction of sp³-hybridized carbons (Fsp3) is 0.150. The van der Waals surface area contributed by atoms with Crippen LogP contribution in [0.5, 0.6) is 11.5 Å². The van der Waals surface area contributed by atoms with Gasteiger partial charge in [0.2, 0.25) is 0 Å². The summed E-state index contributed by atoms with van der Waals surface area (Å²) in [5, 5.41) is 14.6. The molecule has 3 aromatic rings.